The zero-order valence-electron chi connectivity index (χ0n) is 15.7. The molecule has 0 fully saturated rings. The Labute approximate surface area is 156 Å². The summed E-state index contributed by atoms with van der Waals surface area (Å²) < 4.78 is 22.5. The van der Waals surface area contributed by atoms with Crippen molar-refractivity contribution in [1.29, 1.82) is 0 Å². The monoisotopic (exact) mass is 373 g/mol. The Balaban J connectivity index is 2.32. The zero-order chi connectivity index (χ0) is 19.2. The average Bonchev–Trinajstić information content (AvgIpc) is 2.68. The van der Waals surface area contributed by atoms with E-state index >= 15 is 0 Å². The highest BCUT2D eigenvalue weighted by Crippen LogP contribution is 2.31. The largest absolute Gasteiger partial charge is 0.497 e. The van der Waals surface area contributed by atoms with Crippen molar-refractivity contribution < 1.29 is 14.1 Å². The van der Waals surface area contributed by atoms with Gasteiger partial charge in [-0.3, -0.25) is 0 Å². The van der Waals surface area contributed by atoms with Crippen molar-refractivity contribution in [1.82, 2.24) is 0 Å². The second-order valence-corrected chi connectivity index (χ2v) is 8.68. The quantitative estimate of drug-likeness (QED) is 0.767. The first-order valence-electron chi connectivity index (χ1n) is 8.62. The minimum Gasteiger partial charge on any atom is -0.497 e. The van der Waals surface area contributed by atoms with Crippen LogP contribution in [0.2, 0.25) is 0 Å². The molecule has 0 aliphatic carbocycles. The van der Waals surface area contributed by atoms with Gasteiger partial charge in [0.2, 0.25) is 0 Å². The molecule has 140 valence electrons. The minimum atomic E-state index is -2.65. The number of hydrogen-bond donors (Lipinski definition) is 1. The lowest BCUT2D eigenvalue weighted by Gasteiger charge is -2.24. The van der Waals surface area contributed by atoms with Gasteiger partial charge >= 0.3 is 0 Å². The molecule has 2 aromatic carbocycles. The van der Waals surface area contributed by atoms with E-state index < -0.39 is 15.8 Å². The van der Waals surface area contributed by atoms with Crippen molar-refractivity contribution >= 4 is 9.73 Å². The SMILES string of the molecule is CN=S(=O)(/C=C\[C@H](C(C)C)[C@@H](O)c1ccc(OC)cc1)c1ccccc1. The number of nitrogens with zero attached hydrogens (tertiary/aromatic N) is 1. The van der Waals surface area contributed by atoms with E-state index in [4.69, 9.17) is 4.74 Å². The molecule has 26 heavy (non-hydrogen) atoms. The predicted octanol–water partition coefficient (Wildman–Crippen LogP) is 4.67. The van der Waals surface area contributed by atoms with Gasteiger partial charge in [-0.1, -0.05) is 50.3 Å². The van der Waals surface area contributed by atoms with Crippen LogP contribution >= 0.6 is 0 Å². The molecule has 0 spiro atoms. The summed E-state index contributed by atoms with van der Waals surface area (Å²) in [5.74, 6) is 0.726. The van der Waals surface area contributed by atoms with Crippen molar-refractivity contribution in [3.8, 4) is 5.75 Å². The van der Waals surface area contributed by atoms with Crippen molar-refractivity contribution in [2.24, 2.45) is 16.2 Å². The van der Waals surface area contributed by atoms with Gasteiger partial charge in [0.25, 0.3) is 0 Å². The Kier molecular flexibility index (Phi) is 7.00. The minimum absolute atomic E-state index is 0.166. The van der Waals surface area contributed by atoms with Crippen LogP contribution in [0.4, 0.5) is 0 Å². The Hall–Kier alpha value is -2.11. The molecular formula is C21H27NO3S. The number of ether oxygens (including phenoxy) is 1. The fourth-order valence-corrected chi connectivity index (χ4v) is 4.20. The highest BCUT2D eigenvalue weighted by molar-refractivity contribution is 7.96. The summed E-state index contributed by atoms with van der Waals surface area (Å²) in [5, 5.41) is 12.5. The third kappa shape index (κ3) is 4.74. The molecule has 0 saturated carbocycles. The second kappa shape index (κ2) is 9.01. The summed E-state index contributed by atoms with van der Waals surface area (Å²) in [5.41, 5.74) is 0.800. The fourth-order valence-electron chi connectivity index (χ4n) is 2.77. The number of aliphatic hydroxyl groups is 1. The van der Waals surface area contributed by atoms with Crippen LogP contribution in [0.15, 0.2) is 75.3 Å². The Morgan fingerprint density at radius 3 is 2.19 bits per heavy atom. The smallest absolute Gasteiger partial charge is 0.118 e. The van der Waals surface area contributed by atoms with Gasteiger partial charge in [0.15, 0.2) is 0 Å². The molecule has 5 heteroatoms. The van der Waals surface area contributed by atoms with E-state index in [-0.39, 0.29) is 11.8 Å². The molecule has 0 aliphatic heterocycles. The van der Waals surface area contributed by atoms with Gasteiger partial charge in [-0.15, -0.1) is 0 Å². The molecule has 0 radical (unpaired) electrons. The number of methoxy groups -OCH3 is 1. The molecule has 2 aromatic rings. The van der Waals surface area contributed by atoms with E-state index in [1.807, 2.05) is 74.5 Å². The van der Waals surface area contributed by atoms with Crippen molar-refractivity contribution in [2.75, 3.05) is 14.2 Å². The molecule has 1 unspecified atom stereocenters. The van der Waals surface area contributed by atoms with Gasteiger partial charge in [0.05, 0.1) is 27.8 Å². The maximum absolute atomic E-state index is 13.2. The fraction of sp³-hybridized carbons (Fsp3) is 0.333. The van der Waals surface area contributed by atoms with Gasteiger partial charge in [-0.25, -0.2) is 8.57 Å². The van der Waals surface area contributed by atoms with Gasteiger partial charge in [0.1, 0.15) is 5.75 Å². The Bertz CT molecular complexity index is 835. The molecule has 1 N–H and O–H groups in total. The van der Waals surface area contributed by atoms with E-state index in [1.165, 1.54) is 0 Å². The molecule has 0 heterocycles. The molecule has 3 atom stereocenters. The van der Waals surface area contributed by atoms with E-state index in [9.17, 15) is 9.32 Å². The first-order valence-corrected chi connectivity index (χ1v) is 10.2. The summed E-state index contributed by atoms with van der Waals surface area (Å²) in [6.45, 7) is 4.07. The third-order valence-electron chi connectivity index (χ3n) is 4.43. The predicted molar refractivity (Wildman–Crippen MR) is 107 cm³/mol. The lowest BCUT2D eigenvalue weighted by atomic mass is 9.87. The van der Waals surface area contributed by atoms with Crippen LogP contribution in [-0.4, -0.2) is 23.5 Å². The summed E-state index contributed by atoms with van der Waals surface area (Å²) in [4.78, 5) is 0.667. The maximum Gasteiger partial charge on any atom is 0.118 e. The number of benzene rings is 2. The van der Waals surface area contributed by atoms with E-state index in [0.717, 1.165) is 11.3 Å². The Morgan fingerprint density at radius 1 is 1.08 bits per heavy atom. The highest BCUT2D eigenvalue weighted by atomic mass is 32.2. The number of hydrogen-bond acceptors (Lipinski definition) is 4. The average molecular weight is 374 g/mol. The zero-order valence-corrected chi connectivity index (χ0v) is 16.5. The normalized spacial score (nSPS) is 16.2. The molecular weight excluding hydrogens is 346 g/mol. The first-order chi connectivity index (χ1) is 12.4. The highest BCUT2D eigenvalue weighted by Gasteiger charge is 2.22. The van der Waals surface area contributed by atoms with Gasteiger partial charge in [0, 0.05) is 18.4 Å². The third-order valence-corrected chi connectivity index (χ3v) is 6.45. The summed E-state index contributed by atoms with van der Waals surface area (Å²) in [7, 11) is 0.523. The molecule has 4 nitrogen and oxygen atoms in total. The van der Waals surface area contributed by atoms with Crippen molar-refractivity contribution in [3.63, 3.8) is 0 Å². The topological polar surface area (TPSA) is 58.9 Å². The lowest BCUT2D eigenvalue weighted by molar-refractivity contribution is 0.108. The van der Waals surface area contributed by atoms with Gasteiger partial charge in [-0.05, 0) is 35.7 Å². The number of aliphatic hydroxyl groups excluding tert-OH is 1. The van der Waals surface area contributed by atoms with Crippen LogP contribution in [0, 0.1) is 11.8 Å². The molecule has 0 aromatic heterocycles. The summed E-state index contributed by atoms with van der Waals surface area (Å²) >= 11 is 0. The van der Waals surface area contributed by atoms with Gasteiger partial charge < -0.3 is 9.84 Å². The van der Waals surface area contributed by atoms with Crippen LogP contribution in [0.3, 0.4) is 0 Å². The lowest BCUT2D eigenvalue weighted by Crippen LogP contribution is -2.17. The van der Waals surface area contributed by atoms with Crippen LogP contribution in [0.5, 0.6) is 5.75 Å². The summed E-state index contributed by atoms with van der Waals surface area (Å²) in [6, 6.07) is 16.6. The number of rotatable bonds is 7. The van der Waals surface area contributed by atoms with Crippen LogP contribution in [0.1, 0.15) is 25.5 Å². The first kappa shape index (κ1) is 20.2. The molecule has 0 aliphatic rings. The molecule has 2 rings (SSSR count). The molecule has 0 bridgehead atoms. The van der Waals surface area contributed by atoms with Crippen molar-refractivity contribution in [2.45, 2.75) is 24.8 Å². The molecule has 0 amide bonds. The van der Waals surface area contributed by atoms with E-state index in [2.05, 4.69) is 4.36 Å². The van der Waals surface area contributed by atoms with Crippen LogP contribution in [0.25, 0.3) is 0 Å². The van der Waals surface area contributed by atoms with Crippen molar-refractivity contribution in [3.05, 3.63) is 71.6 Å². The van der Waals surface area contributed by atoms with E-state index in [1.54, 1.807) is 19.6 Å². The standard InChI is InChI=1S/C21H27NO3S/c1-16(2)20(21(23)17-10-12-18(25-4)13-11-17)14-15-26(24,22-3)19-8-6-5-7-9-19/h5-16,20-21,23H,1-4H3/b15-14-/t20-,21+,26?/m1/s1. The molecule has 0 saturated heterocycles. The second-order valence-electron chi connectivity index (χ2n) is 6.43. The van der Waals surface area contributed by atoms with E-state index in [0.29, 0.717) is 4.90 Å². The Morgan fingerprint density at radius 2 is 1.69 bits per heavy atom. The summed E-state index contributed by atoms with van der Waals surface area (Å²) in [6.07, 6.45) is 1.13. The van der Waals surface area contributed by atoms with Crippen LogP contribution < -0.4 is 4.74 Å². The van der Waals surface area contributed by atoms with Crippen LogP contribution in [-0.2, 0) is 9.73 Å². The van der Waals surface area contributed by atoms with Gasteiger partial charge in [-0.2, -0.15) is 0 Å². The maximum atomic E-state index is 13.2.